The maximum atomic E-state index is 12.2. The molecule has 166 valence electrons. The number of amides is 1. The highest BCUT2D eigenvalue weighted by Gasteiger charge is 2.20. The van der Waals surface area contributed by atoms with Crippen molar-refractivity contribution in [2.24, 2.45) is 0 Å². The van der Waals surface area contributed by atoms with Gasteiger partial charge in [-0.2, -0.15) is 0 Å². The van der Waals surface area contributed by atoms with Crippen molar-refractivity contribution in [1.29, 1.82) is 0 Å². The maximum Gasteiger partial charge on any atom is 0.408 e. The molecule has 1 unspecified atom stereocenters. The summed E-state index contributed by atoms with van der Waals surface area (Å²) in [6.45, 7) is 11.1. The first kappa shape index (κ1) is 24.1. The van der Waals surface area contributed by atoms with Gasteiger partial charge < -0.3 is 14.8 Å². The monoisotopic (exact) mass is 425 g/mol. The van der Waals surface area contributed by atoms with Crippen LogP contribution in [0.4, 0.5) is 4.79 Å². The van der Waals surface area contributed by atoms with E-state index in [4.69, 9.17) is 9.47 Å². The summed E-state index contributed by atoms with van der Waals surface area (Å²) in [5.41, 5.74) is 2.00. The van der Waals surface area contributed by atoms with Crippen LogP contribution in [-0.4, -0.2) is 47.2 Å². The van der Waals surface area contributed by atoms with Gasteiger partial charge in [-0.1, -0.05) is 24.3 Å². The fourth-order valence-electron chi connectivity index (χ4n) is 2.97. The third-order valence-electron chi connectivity index (χ3n) is 4.35. The summed E-state index contributed by atoms with van der Waals surface area (Å²) in [5.74, 6) is -0.368. The fraction of sp³-hybridized carbons (Fsp3) is 0.375. The van der Waals surface area contributed by atoms with Gasteiger partial charge in [0.2, 0.25) is 0 Å². The molecule has 1 atom stereocenters. The molecule has 0 spiro atoms. The first-order valence-corrected chi connectivity index (χ1v) is 10.1. The van der Waals surface area contributed by atoms with Gasteiger partial charge in [-0.25, -0.2) is 9.59 Å². The molecule has 0 radical (unpaired) electrons. The number of nitrogens with zero attached hydrogens (tertiary/aromatic N) is 2. The minimum atomic E-state index is -0.577. The largest absolute Gasteiger partial charge is 0.465 e. The highest BCUT2D eigenvalue weighted by Crippen LogP contribution is 2.13. The van der Waals surface area contributed by atoms with Crippen LogP contribution < -0.4 is 5.32 Å². The van der Waals surface area contributed by atoms with Crippen LogP contribution in [0.15, 0.2) is 61.4 Å². The van der Waals surface area contributed by atoms with Gasteiger partial charge in [-0.15, -0.1) is 6.58 Å². The predicted molar refractivity (Wildman–Crippen MR) is 119 cm³/mol. The number of benzene rings is 1. The van der Waals surface area contributed by atoms with Crippen molar-refractivity contribution < 1.29 is 19.1 Å². The van der Waals surface area contributed by atoms with E-state index < -0.39 is 11.7 Å². The van der Waals surface area contributed by atoms with Gasteiger partial charge in [0, 0.05) is 32.0 Å². The number of methoxy groups -OCH3 is 1. The number of pyridine rings is 1. The summed E-state index contributed by atoms with van der Waals surface area (Å²) < 4.78 is 10.1. The van der Waals surface area contributed by atoms with Gasteiger partial charge in [-0.05, 0) is 50.1 Å². The topological polar surface area (TPSA) is 80.8 Å². The highest BCUT2D eigenvalue weighted by atomic mass is 16.6. The number of ether oxygens (including phenoxy) is 2. The van der Waals surface area contributed by atoms with Gasteiger partial charge in [0.15, 0.2) is 0 Å². The Hall–Kier alpha value is -3.19. The lowest BCUT2D eigenvalue weighted by molar-refractivity contribution is 0.0502. The lowest BCUT2D eigenvalue weighted by atomic mass is 10.1. The molecule has 0 aliphatic rings. The Labute approximate surface area is 184 Å². The molecular formula is C24H31N3O4. The van der Waals surface area contributed by atoms with Gasteiger partial charge in [0.25, 0.3) is 0 Å². The highest BCUT2D eigenvalue weighted by molar-refractivity contribution is 5.89. The van der Waals surface area contributed by atoms with E-state index in [1.165, 1.54) is 7.11 Å². The van der Waals surface area contributed by atoms with Crippen molar-refractivity contribution in [2.45, 2.75) is 45.5 Å². The molecule has 0 aliphatic heterocycles. The van der Waals surface area contributed by atoms with E-state index in [0.717, 1.165) is 11.1 Å². The smallest absolute Gasteiger partial charge is 0.408 e. The van der Waals surface area contributed by atoms with E-state index in [-0.39, 0.29) is 12.0 Å². The maximum absolute atomic E-state index is 12.2. The summed E-state index contributed by atoms with van der Waals surface area (Å²) >= 11 is 0. The van der Waals surface area contributed by atoms with E-state index >= 15 is 0 Å². The fourth-order valence-corrected chi connectivity index (χ4v) is 2.97. The lowest BCUT2D eigenvalue weighted by Crippen LogP contribution is -2.44. The van der Waals surface area contributed by atoms with E-state index in [1.807, 2.05) is 51.2 Å². The number of rotatable bonds is 9. The summed E-state index contributed by atoms with van der Waals surface area (Å²) in [5, 5.41) is 2.86. The van der Waals surface area contributed by atoms with Gasteiger partial charge in [0.05, 0.1) is 18.7 Å². The number of carbonyl (C=O) groups is 2. The Kier molecular flexibility index (Phi) is 8.75. The SMILES string of the molecule is C=CC(CN(Cc1ccc(C(=O)OC)cc1)Cc1cccnc1)NC(=O)OC(C)(C)C. The second-order valence-electron chi connectivity index (χ2n) is 8.21. The second-order valence-corrected chi connectivity index (χ2v) is 8.21. The Morgan fingerprint density at radius 2 is 1.84 bits per heavy atom. The molecule has 31 heavy (non-hydrogen) atoms. The van der Waals surface area contributed by atoms with Crippen LogP contribution in [0, 0.1) is 0 Å². The third kappa shape index (κ3) is 8.60. The van der Waals surface area contributed by atoms with Crippen LogP contribution in [0.2, 0.25) is 0 Å². The molecule has 0 saturated carbocycles. The van der Waals surface area contributed by atoms with Crippen molar-refractivity contribution in [2.75, 3.05) is 13.7 Å². The Balaban J connectivity index is 2.12. The Morgan fingerprint density at radius 1 is 1.16 bits per heavy atom. The quantitative estimate of drug-likeness (QED) is 0.484. The van der Waals surface area contributed by atoms with Crippen molar-refractivity contribution >= 4 is 12.1 Å². The van der Waals surface area contributed by atoms with E-state index in [9.17, 15) is 9.59 Å². The summed E-state index contributed by atoms with van der Waals surface area (Å²) in [4.78, 5) is 30.2. The number of carbonyl (C=O) groups excluding carboxylic acids is 2. The molecule has 1 amide bonds. The van der Waals surface area contributed by atoms with Crippen LogP contribution >= 0.6 is 0 Å². The van der Waals surface area contributed by atoms with Gasteiger partial charge in [-0.3, -0.25) is 9.88 Å². The lowest BCUT2D eigenvalue weighted by Gasteiger charge is -2.28. The third-order valence-corrected chi connectivity index (χ3v) is 4.35. The molecule has 7 nitrogen and oxygen atoms in total. The number of alkyl carbamates (subject to hydrolysis) is 1. The zero-order valence-corrected chi connectivity index (χ0v) is 18.6. The van der Waals surface area contributed by atoms with Crippen LogP contribution in [0.3, 0.4) is 0 Å². The molecular weight excluding hydrogens is 394 g/mol. The molecule has 0 fully saturated rings. The van der Waals surface area contributed by atoms with Crippen molar-refractivity contribution in [3.8, 4) is 0 Å². The first-order chi connectivity index (χ1) is 14.7. The van der Waals surface area contributed by atoms with Gasteiger partial charge >= 0.3 is 12.1 Å². The molecule has 1 aromatic carbocycles. The number of esters is 1. The van der Waals surface area contributed by atoms with E-state index in [0.29, 0.717) is 25.2 Å². The Morgan fingerprint density at radius 3 is 2.39 bits per heavy atom. The summed E-state index contributed by atoms with van der Waals surface area (Å²) in [6, 6.07) is 10.9. The summed E-state index contributed by atoms with van der Waals surface area (Å²) in [7, 11) is 1.36. The van der Waals surface area contributed by atoms with Crippen molar-refractivity contribution in [3.63, 3.8) is 0 Å². The zero-order chi connectivity index (χ0) is 22.9. The predicted octanol–water partition coefficient (Wildman–Crippen LogP) is 3.95. The standard InChI is InChI=1S/C24H31N3O4/c1-6-21(26-23(29)31-24(2,3)4)17-27(16-19-8-7-13-25-14-19)15-18-9-11-20(12-10-18)22(28)30-5/h6-14,21H,1,15-17H2,2-5H3,(H,26,29). The minimum Gasteiger partial charge on any atom is -0.465 e. The molecule has 7 heteroatoms. The number of aromatic nitrogens is 1. The number of hydrogen-bond acceptors (Lipinski definition) is 6. The first-order valence-electron chi connectivity index (χ1n) is 10.1. The van der Waals surface area contributed by atoms with Gasteiger partial charge in [0.1, 0.15) is 5.60 Å². The minimum absolute atomic E-state index is 0.305. The average Bonchev–Trinajstić information content (AvgIpc) is 2.72. The molecule has 0 aliphatic carbocycles. The molecule has 0 saturated heterocycles. The summed E-state index contributed by atoms with van der Waals surface area (Å²) in [6.07, 6.45) is 4.76. The molecule has 2 rings (SSSR count). The molecule has 1 N–H and O–H groups in total. The Bertz CT molecular complexity index is 861. The number of nitrogens with one attached hydrogen (secondary N) is 1. The molecule has 1 heterocycles. The van der Waals surface area contributed by atoms with Crippen molar-refractivity contribution in [3.05, 3.63) is 78.1 Å². The normalized spacial score (nSPS) is 12.2. The molecule has 0 bridgehead atoms. The zero-order valence-electron chi connectivity index (χ0n) is 18.6. The van der Waals surface area contributed by atoms with Crippen molar-refractivity contribution in [1.82, 2.24) is 15.2 Å². The number of hydrogen-bond donors (Lipinski definition) is 1. The molecule has 2 aromatic rings. The van der Waals surface area contributed by atoms with E-state index in [2.05, 4.69) is 21.8 Å². The van der Waals surface area contributed by atoms with Crippen LogP contribution in [0.25, 0.3) is 0 Å². The second kappa shape index (κ2) is 11.3. The van der Waals surface area contributed by atoms with Crippen LogP contribution in [-0.2, 0) is 22.6 Å². The average molecular weight is 426 g/mol. The van der Waals surface area contributed by atoms with Crippen LogP contribution in [0.1, 0.15) is 42.3 Å². The van der Waals surface area contributed by atoms with E-state index in [1.54, 1.807) is 24.4 Å². The molecule has 1 aromatic heterocycles. The van der Waals surface area contributed by atoms with Crippen LogP contribution in [0.5, 0.6) is 0 Å².